The molecular weight excluding hydrogens is 451 g/mol. The van der Waals surface area contributed by atoms with Crippen molar-refractivity contribution in [2.24, 2.45) is 0 Å². The third-order valence-corrected chi connectivity index (χ3v) is 6.09. The zero-order chi connectivity index (χ0) is 25.5. The quantitative estimate of drug-likeness (QED) is 0.290. The van der Waals surface area contributed by atoms with Crippen LogP contribution in [0, 0.1) is 5.82 Å². The average molecular weight is 485 g/mol. The minimum Gasteiger partial charge on any atom is -0.507 e. The first-order valence-electron chi connectivity index (χ1n) is 12.0. The Bertz CT molecular complexity index is 1080. The number of ether oxygens (including phenoxy) is 2. The van der Waals surface area contributed by atoms with E-state index >= 15 is 0 Å². The highest BCUT2D eigenvalue weighted by atomic mass is 19.1. The molecule has 2 aromatic rings. The summed E-state index contributed by atoms with van der Waals surface area (Å²) >= 11 is 0. The highest BCUT2D eigenvalue weighted by Gasteiger charge is 2.46. The lowest BCUT2D eigenvalue weighted by Crippen LogP contribution is -2.38. The molecule has 188 valence electrons. The van der Waals surface area contributed by atoms with Gasteiger partial charge in [-0.05, 0) is 68.9 Å². The second-order valence-corrected chi connectivity index (χ2v) is 8.10. The lowest BCUT2D eigenvalue weighted by molar-refractivity contribution is -0.140. The molecule has 3 rings (SSSR count). The predicted molar refractivity (Wildman–Crippen MR) is 132 cm³/mol. The molecule has 1 atom stereocenters. The summed E-state index contributed by atoms with van der Waals surface area (Å²) in [5.74, 6) is -1.23. The number of aliphatic hydroxyl groups excluding tert-OH is 1. The van der Waals surface area contributed by atoms with E-state index in [1.165, 1.54) is 29.2 Å². The van der Waals surface area contributed by atoms with Crippen molar-refractivity contribution in [1.29, 1.82) is 0 Å². The lowest BCUT2D eigenvalue weighted by atomic mass is 9.95. The molecule has 0 radical (unpaired) electrons. The number of rotatable bonds is 11. The molecule has 1 N–H and O–H groups in total. The van der Waals surface area contributed by atoms with E-state index in [4.69, 9.17) is 9.47 Å². The number of nitrogens with zero attached hydrogens (tertiary/aromatic N) is 2. The highest BCUT2D eigenvalue weighted by molar-refractivity contribution is 6.46. The zero-order valence-electron chi connectivity index (χ0n) is 20.7. The van der Waals surface area contributed by atoms with Crippen molar-refractivity contribution >= 4 is 17.4 Å². The number of likely N-dealkylation sites (N-methyl/N-ethyl adjacent to an activating group) is 1. The molecule has 0 aromatic heterocycles. The standard InChI is InChI=1S/C27H33FN2O5/c1-5-29(6-2)15-16-30-24(19-11-14-21(34-7-3)22(17-19)35-8-4)23(26(32)27(30)33)25(31)18-9-12-20(28)13-10-18/h9-14,17,24,31H,5-8,15-16H2,1-4H3/b25-23+/t24-/m0/s1. The molecule has 7 nitrogen and oxygen atoms in total. The van der Waals surface area contributed by atoms with Gasteiger partial charge in [0, 0.05) is 18.7 Å². The maximum absolute atomic E-state index is 13.5. The molecule has 1 saturated heterocycles. The summed E-state index contributed by atoms with van der Waals surface area (Å²) in [6.45, 7) is 11.1. The summed E-state index contributed by atoms with van der Waals surface area (Å²) < 4.78 is 24.9. The molecule has 0 spiro atoms. The summed E-state index contributed by atoms with van der Waals surface area (Å²) in [5.41, 5.74) is 0.834. The predicted octanol–water partition coefficient (Wildman–Crippen LogP) is 4.39. The third kappa shape index (κ3) is 5.65. The molecule has 35 heavy (non-hydrogen) atoms. The van der Waals surface area contributed by atoms with Gasteiger partial charge < -0.3 is 24.4 Å². The molecule has 1 aliphatic rings. The molecule has 0 unspecified atom stereocenters. The number of Topliss-reactive ketones (excluding diaryl/α,β-unsaturated/α-hetero) is 1. The average Bonchev–Trinajstić information content (AvgIpc) is 3.11. The Labute approximate surface area is 205 Å². The summed E-state index contributed by atoms with van der Waals surface area (Å²) in [6.07, 6.45) is 0. The van der Waals surface area contributed by atoms with Gasteiger partial charge in [0.2, 0.25) is 0 Å². The van der Waals surface area contributed by atoms with Gasteiger partial charge in [0.1, 0.15) is 11.6 Å². The number of carbonyl (C=O) groups is 2. The molecule has 0 aliphatic carbocycles. The second kappa shape index (κ2) is 11.8. The van der Waals surface area contributed by atoms with Gasteiger partial charge in [-0.2, -0.15) is 0 Å². The van der Waals surface area contributed by atoms with Crippen molar-refractivity contribution in [2.75, 3.05) is 39.4 Å². The van der Waals surface area contributed by atoms with Crippen molar-refractivity contribution in [3.05, 3.63) is 65.0 Å². The van der Waals surface area contributed by atoms with Crippen molar-refractivity contribution in [3.8, 4) is 11.5 Å². The Morgan fingerprint density at radius 3 is 2.20 bits per heavy atom. The number of ketones is 1. The molecule has 2 aromatic carbocycles. The Balaban J connectivity index is 2.14. The van der Waals surface area contributed by atoms with Gasteiger partial charge in [-0.3, -0.25) is 9.59 Å². The fourth-order valence-corrected chi connectivity index (χ4v) is 4.25. The number of benzene rings is 2. The number of amides is 1. The summed E-state index contributed by atoms with van der Waals surface area (Å²) in [7, 11) is 0. The maximum atomic E-state index is 13.5. The van der Waals surface area contributed by atoms with Crippen LogP contribution in [-0.4, -0.2) is 66.0 Å². The summed E-state index contributed by atoms with van der Waals surface area (Å²) in [5, 5.41) is 11.1. The monoisotopic (exact) mass is 484 g/mol. The SMILES string of the molecule is CCOc1ccc([C@H]2/C(=C(\O)c3ccc(F)cc3)C(=O)C(=O)N2CCN(CC)CC)cc1OCC. The van der Waals surface area contributed by atoms with Gasteiger partial charge in [0.05, 0.1) is 24.8 Å². The van der Waals surface area contributed by atoms with E-state index in [-0.39, 0.29) is 16.9 Å². The molecule has 1 heterocycles. The first-order chi connectivity index (χ1) is 16.9. The molecule has 0 saturated carbocycles. The van der Waals surface area contributed by atoms with Crippen LogP contribution in [0.1, 0.15) is 44.9 Å². The van der Waals surface area contributed by atoms with Crippen molar-refractivity contribution in [2.45, 2.75) is 33.7 Å². The lowest BCUT2D eigenvalue weighted by Gasteiger charge is -2.28. The Kier molecular flexibility index (Phi) is 8.87. The molecule has 1 fully saturated rings. The van der Waals surface area contributed by atoms with Crippen LogP contribution in [0.25, 0.3) is 5.76 Å². The van der Waals surface area contributed by atoms with Crippen LogP contribution in [0.15, 0.2) is 48.0 Å². The molecule has 1 aliphatic heterocycles. The van der Waals surface area contributed by atoms with Crippen molar-refractivity contribution in [1.82, 2.24) is 9.80 Å². The van der Waals surface area contributed by atoms with Gasteiger partial charge in [0.25, 0.3) is 11.7 Å². The number of halogens is 1. The Morgan fingerprint density at radius 1 is 0.971 bits per heavy atom. The van der Waals surface area contributed by atoms with Crippen LogP contribution in [0.5, 0.6) is 11.5 Å². The molecule has 1 amide bonds. The van der Waals surface area contributed by atoms with Gasteiger partial charge in [-0.15, -0.1) is 0 Å². The van der Waals surface area contributed by atoms with E-state index in [1.54, 1.807) is 18.2 Å². The summed E-state index contributed by atoms with van der Waals surface area (Å²) in [6, 6.07) is 9.59. The van der Waals surface area contributed by atoms with Crippen LogP contribution in [0.2, 0.25) is 0 Å². The van der Waals surface area contributed by atoms with Gasteiger partial charge in [0.15, 0.2) is 11.5 Å². The van der Waals surface area contributed by atoms with Crippen LogP contribution in [0.4, 0.5) is 4.39 Å². The minimum atomic E-state index is -0.828. The van der Waals surface area contributed by atoms with Crippen LogP contribution < -0.4 is 9.47 Å². The van der Waals surface area contributed by atoms with Crippen LogP contribution in [-0.2, 0) is 9.59 Å². The van der Waals surface area contributed by atoms with Gasteiger partial charge in [-0.1, -0.05) is 19.9 Å². The minimum absolute atomic E-state index is 0.0345. The molecular formula is C27H33FN2O5. The number of carbonyl (C=O) groups excluding carboxylic acids is 2. The van der Waals surface area contributed by atoms with E-state index in [0.29, 0.717) is 43.4 Å². The van der Waals surface area contributed by atoms with E-state index in [9.17, 15) is 19.1 Å². The Hall–Kier alpha value is -3.39. The van der Waals surface area contributed by atoms with Crippen LogP contribution >= 0.6 is 0 Å². The van der Waals surface area contributed by atoms with E-state index < -0.39 is 23.5 Å². The fraction of sp³-hybridized carbons (Fsp3) is 0.407. The summed E-state index contributed by atoms with van der Waals surface area (Å²) in [4.78, 5) is 30.0. The number of hydrogen-bond acceptors (Lipinski definition) is 6. The maximum Gasteiger partial charge on any atom is 0.295 e. The molecule has 8 heteroatoms. The molecule has 0 bridgehead atoms. The first-order valence-corrected chi connectivity index (χ1v) is 12.0. The number of likely N-dealkylation sites (tertiary alicyclic amines) is 1. The van der Waals surface area contributed by atoms with Crippen LogP contribution in [0.3, 0.4) is 0 Å². The first kappa shape index (κ1) is 26.2. The Morgan fingerprint density at radius 2 is 1.60 bits per heavy atom. The zero-order valence-corrected chi connectivity index (χ0v) is 20.7. The number of hydrogen-bond donors (Lipinski definition) is 1. The van der Waals surface area contributed by atoms with E-state index in [0.717, 1.165) is 13.1 Å². The third-order valence-electron chi connectivity index (χ3n) is 6.09. The smallest absolute Gasteiger partial charge is 0.295 e. The second-order valence-electron chi connectivity index (χ2n) is 8.10. The van der Waals surface area contributed by atoms with Gasteiger partial charge >= 0.3 is 0 Å². The van der Waals surface area contributed by atoms with Crippen molar-refractivity contribution in [3.63, 3.8) is 0 Å². The number of aliphatic hydroxyl groups is 1. The normalized spacial score (nSPS) is 17.3. The topological polar surface area (TPSA) is 79.3 Å². The largest absolute Gasteiger partial charge is 0.507 e. The van der Waals surface area contributed by atoms with E-state index in [1.807, 2.05) is 27.7 Å². The highest BCUT2D eigenvalue weighted by Crippen LogP contribution is 2.42. The van der Waals surface area contributed by atoms with E-state index in [2.05, 4.69) is 4.90 Å². The fourth-order valence-electron chi connectivity index (χ4n) is 4.25. The van der Waals surface area contributed by atoms with Gasteiger partial charge in [-0.25, -0.2) is 4.39 Å². The van der Waals surface area contributed by atoms with Crippen molar-refractivity contribution < 1.29 is 28.6 Å².